The average Bonchev–Trinajstić information content (AvgIpc) is 2.59. The minimum atomic E-state index is 0.0161. The fraction of sp³-hybridized carbons (Fsp3) is 0.333. The molecule has 0 fully saturated rings. The molecule has 3 nitrogen and oxygen atoms in total. The van der Waals surface area contributed by atoms with Gasteiger partial charge in [0.15, 0.2) is 0 Å². The second-order valence-electron chi connectivity index (χ2n) is 3.94. The van der Waals surface area contributed by atoms with Crippen molar-refractivity contribution >= 4 is 10.9 Å². The molecule has 0 aliphatic heterocycles. The number of ether oxygens (including phenoxy) is 1. The third-order valence-electron chi connectivity index (χ3n) is 2.57. The van der Waals surface area contributed by atoms with Crippen molar-refractivity contribution in [2.75, 3.05) is 7.11 Å². The number of aromatic nitrogens is 1. The molecular weight excluding hydrogens is 188 g/mol. The number of nitrogens with two attached hydrogens (primary N) is 1. The van der Waals surface area contributed by atoms with Crippen LogP contribution < -0.4 is 10.5 Å². The predicted octanol–water partition coefficient (Wildman–Crippen LogP) is 2.50. The summed E-state index contributed by atoms with van der Waals surface area (Å²) in [5.74, 6) is 0.872. The zero-order valence-corrected chi connectivity index (χ0v) is 9.29. The normalized spacial score (nSPS) is 13.1. The van der Waals surface area contributed by atoms with Crippen LogP contribution in [0.2, 0.25) is 0 Å². The first-order valence-electron chi connectivity index (χ1n) is 5.04. The molecule has 15 heavy (non-hydrogen) atoms. The molecule has 2 rings (SSSR count). The van der Waals surface area contributed by atoms with Crippen LogP contribution in [-0.4, -0.2) is 12.1 Å². The Kier molecular flexibility index (Phi) is 2.40. The van der Waals surface area contributed by atoms with Crippen molar-refractivity contribution in [1.82, 2.24) is 4.98 Å². The SMILES string of the molecule is COc1cc(C)cc2cc(C(C)N)[nH]c12. The van der Waals surface area contributed by atoms with Gasteiger partial charge in [0.25, 0.3) is 0 Å². The Balaban J connectivity index is 2.68. The van der Waals surface area contributed by atoms with Crippen molar-refractivity contribution in [1.29, 1.82) is 0 Å². The van der Waals surface area contributed by atoms with Crippen molar-refractivity contribution in [2.24, 2.45) is 5.73 Å². The second-order valence-corrected chi connectivity index (χ2v) is 3.94. The highest BCUT2D eigenvalue weighted by atomic mass is 16.5. The molecule has 0 bridgehead atoms. The van der Waals surface area contributed by atoms with Gasteiger partial charge in [0.2, 0.25) is 0 Å². The van der Waals surface area contributed by atoms with Crippen LogP contribution in [0.1, 0.15) is 24.2 Å². The van der Waals surface area contributed by atoms with Gasteiger partial charge in [-0.1, -0.05) is 0 Å². The van der Waals surface area contributed by atoms with Crippen molar-refractivity contribution in [3.63, 3.8) is 0 Å². The number of benzene rings is 1. The van der Waals surface area contributed by atoms with E-state index in [1.54, 1.807) is 7.11 Å². The number of fused-ring (bicyclic) bond motifs is 1. The third kappa shape index (κ3) is 1.70. The van der Waals surface area contributed by atoms with Crippen LogP contribution in [0, 0.1) is 6.92 Å². The standard InChI is InChI=1S/C12H16N2O/c1-7-4-9-6-10(8(2)13)14-12(9)11(5-7)15-3/h4-6,8,14H,13H2,1-3H3. The van der Waals surface area contributed by atoms with E-state index >= 15 is 0 Å². The van der Waals surface area contributed by atoms with Gasteiger partial charge in [-0.3, -0.25) is 0 Å². The van der Waals surface area contributed by atoms with Crippen molar-refractivity contribution < 1.29 is 4.74 Å². The monoisotopic (exact) mass is 204 g/mol. The fourth-order valence-electron chi connectivity index (χ4n) is 1.78. The van der Waals surface area contributed by atoms with Gasteiger partial charge in [-0.15, -0.1) is 0 Å². The molecule has 1 aromatic heterocycles. The smallest absolute Gasteiger partial charge is 0.143 e. The van der Waals surface area contributed by atoms with E-state index in [1.807, 2.05) is 13.0 Å². The molecule has 3 heteroatoms. The third-order valence-corrected chi connectivity index (χ3v) is 2.57. The maximum atomic E-state index is 5.84. The molecule has 0 amide bonds. The zero-order valence-electron chi connectivity index (χ0n) is 9.29. The summed E-state index contributed by atoms with van der Waals surface area (Å²) in [6.07, 6.45) is 0. The lowest BCUT2D eigenvalue weighted by Crippen LogP contribution is -2.04. The maximum absolute atomic E-state index is 5.84. The summed E-state index contributed by atoms with van der Waals surface area (Å²) in [6, 6.07) is 6.24. The number of aromatic amines is 1. The van der Waals surface area contributed by atoms with Gasteiger partial charge in [0.05, 0.1) is 12.6 Å². The molecule has 3 N–H and O–H groups in total. The molecule has 1 heterocycles. The molecule has 0 saturated carbocycles. The van der Waals surface area contributed by atoms with E-state index in [1.165, 1.54) is 5.56 Å². The van der Waals surface area contributed by atoms with E-state index in [-0.39, 0.29) is 6.04 Å². The quantitative estimate of drug-likeness (QED) is 0.789. The summed E-state index contributed by atoms with van der Waals surface area (Å²) in [5, 5.41) is 1.15. The van der Waals surface area contributed by atoms with Crippen LogP contribution in [0.15, 0.2) is 18.2 Å². The van der Waals surface area contributed by atoms with E-state index in [4.69, 9.17) is 10.5 Å². The lowest BCUT2D eigenvalue weighted by atomic mass is 10.1. The molecule has 0 radical (unpaired) electrons. The molecule has 1 aromatic carbocycles. The summed E-state index contributed by atoms with van der Waals surface area (Å²) in [7, 11) is 1.68. The van der Waals surface area contributed by atoms with E-state index in [0.29, 0.717) is 0 Å². The molecule has 2 aromatic rings. The number of nitrogens with one attached hydrogen (secondary N) is 1. The predicted molar refractivity (Wildman–Crippen MR) is 62.2 cm³/mol. The van der Waals surface area contributed by atoms with Crippen LogP contribution in [0.25, 0.3) is 10.9 Å². The number of hydrogen-bond acceptors (Lipinski definition) is 2. The van der Waals surface area contributed by atoms with E-state index < -0.39 is 0 Å². The van der Waals surface area contributed by atoms with Crippen LogP contribution >= 0.6 is 0 Å². The van der Waals surface area contributed by atoms with Gasteiger partial charge >= 0.3 is 0 Å². The number of aryl methyl sites for hydroxylation is 1. The average molecular weight is 204 g/mol. The Morgan fingerprint density at radius 1 is 1.33 bits per heavy atom. The van der Waals surface area contributed by atoms with Gasteiger partial charge in [0.1, 0.15) is 5.75 Å². The van der Waals surface area contributed by atoms with Crippen LogP contribution in [-0.2, 0) is 0 Å². The Hall–Kier alpha value is -1.48. The highest BCUT2D eigenvalue weighted by Gasteiger charge is 2.09. The molecular formula is C12H16N2O. The van der Waals surface area contributed by atoms with Gasteiger partial charge < -0.3 is 15.5 Å². The first-order valence-corrected chi connectivity index (χ1v) is 5.04. The van der Waals surface area contributed by atoms with E-state index in [0.717, 1.165) is 22.3 Å². The molecule has 0 spiro atoms. The molecule has 0 aliphatic rings. The van der Waals surface area contributed by atoms with Crippen LogP contribution in [0.4, 0.5) is 0 Å². The second kappa shape index (κ2) is 3.59. The molecule has 1 atom stereocenters. The van der Waals surface area contributed by atoms with E-state index in [9.17, 15) is 0 Å². The Morgan fingerprint density at radius 3 is 2.67 bits per heavy atom. The minimum absolute atomic E-state index is 0.0161. The largest absolute Gasteiger partial charge is 0.495 e. The first-order chi connectivity index (χ1) is 7.11. The summed E-state index contributed by atoms with van der Waals surface area (Å²) in [4.78, 5) is 3.29. The highest BCUT2D eigenvalue weighted by Crippen LogP contribution is 2.28. The maximum Gasteiger partial charge on any atom is 0.143 e. The molecule has 1 unspecified atom stereocenters. The van der Waals surface area contributed by atoms with E-state index in [2.05, 4.69) is 24.0 Å². The topological polar surface area (TPSA) is 51.0 Å². The summed E-state index contributed by atoms with van der Waals surface area (Å²) in [5.41, 5.74) is 9.08. The van der Waals surface area contributed by atoms with Crippen LogP contribution in [0.5, 0.6) is 5.75 Å². The highest BCUT2D eigenvalue weighted by molar-refractivity contribution is 5.87. The van der Waals surface area contributed by atoms with Crippen molar-refractivity contribution in [3.8, 4) is 5.75 Å². The van der Waals surface area contributed by atoms with Gasteiger partial charge in [-0.25, -0.2) is 0 Å². The Morgan fingerprint density at radius 2 is 2.07 bits per heavy atom. The fourth-order valence-corrected chi connectivity index (χ4v) is 1.78. The van der Waals surface area contributed by atoms with Crippen LogP contribution in [0.3, 0.4) is 0 Å². The number of H-pyrrole nitrogens is 1. The number of methoxy groups -OCH3 is 1. The first kappa shape index (κ1) is 10.1. The minimum Gasteiger partial charge on any atom is -0.495 e. The van der Waals surface area contributed by atoms with Gasteiger partial charge in [0, 0.05) is 17.1 Å². The summed E-state index contributed by atoms with van der Waals surface area (Å²) >= 11 is 0. The lowest BCUT2D eigenvalue weighted by molar-refractivity contribution is 0.418. The summed E-state index contributed by atoms with van der Waals surface area (Å²) in [6.45, 7) is 4.02. The number of rotatable bonds is 2. The Labute approximate surface area is 89.2 Å². The number of hydrogen-bond donors (Lipinski definition) is 2. The molecule has 0 saturated heterocycles. The summed E-state index contributed by atoms with van der Waals surface area (Å²) < 4.78 is 5.33. The molecule has 80 valence electrons. The molecule has 0 aliphatic carbocycles. The zero-order chi connectivity index (χ0) is 11.0. The van der Waals surface area contributed by atoms with Crippen molar-refractivity contribution in [2.45, 2.75) is 19.9 Å². The van der Waals surface area contributed by atoms with Gasteiger partial charge in [-0.05, 0) is 37.6 Å². The Bertz CT molecular complexity index is 486. The van der Waals surface area contributed by atoms with Gasteiger partial charge in [-0.2, -0.15) is 0 Å². The lowest BCUT2D eigenvalue weighted by Gasteiger charge is -2.03. The van der Waals surface area contributed by atoms with Crippen molar-refractivity contribution in [3.05, 3.63) is 29.5 Å².